The summed E-state index contributed by atoms with van der Waals surface area (Å²) in [7, 11) is -3.73. The van der Waals surface area contributed by atoms with Gasteiger partial charge in [0, 0.05) is 12.1 Å². The topological polar surface area (TPSA) is 66.4 Å². The molecule has 7 heteroatoms. The normalized spacial score (nSPS) is 11.0. The van der Waals surface area contributed by atoms with Gasteiger partial charge in [0.1, 0.15) is 12.4 Å². The van der Waals surface area contributed by atoms with Crippen LogP contribution < -0.4 is 4.72 Å². The minimum atomic E-state index is -3.73. The largest absolute Gasteiger partial charge is 0.384 e. The fraction of sp³-hybridized carbons (Fsp3) is 0.429. The van der Waals surface area contributed by atoms with Crippen LogP contribution in [0, 0.1) is 17.7 Å². The lowest BCUT2D eigenvalue weighted by Crippen LogP contribution is -2.25. The highest BCUT2D eigenvalue weighted by atomic mass is 32.2. The van der Waals surface area contributed by atoms with Gasteiger partial charge in [-0.1, -0.05) is 11.8 Å². The number of hydrogen-bond acceptors (Lipinski definition) is 4. The quantitative estimate of drug-likeness (QED) is 0.588. The minimum absolute atomic E-state index is 0.0423. The van der Waals surface area contributed by atoms with Gasteiger partial charge < -0.3 is 5.11 Å². The minimum Gasteiger partial charge on any atom is -0.384 e. The molecule has 0 aromatic heterocycles. The summed E-state index contributed by atoms with van der Waals surface area (Å²) in [6.07, 6.45) is 3.65. The van der Waals surface area contributed by atoms with Crippen molar-refractivity contribution in [3.8, 4) is 11.8 Å². The summed E-state index contributed by atoms with van der Waals surface area (Å²) in [5, 5.41) is 8.68. The molecule has 116 valence electrons. The number of thioether (sulfide) groups is 1. The van der Waals surface area contributed by atoms with Crippen molar-refractivity contribution in [1.82, 2.24) is 4.72 Å². The summed E-state index contributed by atoms with van der Waals surface area (Å²) < 4.78 is 40.1. The molecule has 4 nitrogen and oxygen atoms in total. The first kappa shape index (κ1) is 18.0. The van der Waals surface area contributed by atoms with Crippen LogP contribution in [0.4, 0.5) is 4.39 Å². The standard InChI is InChI=1S/C14H18FNO3S2/c1-20-10-3-2-8-16-21(18,19)14-7-6-13(15)11-12(14)5-4-9-17/h6-7,11,16-17H,2-3,8-10H2,1H3. The maximum absolute atomic E-state index is 13.2. The molecule has 0 amide bonds. The first-order valence-electron chi connectivity index (χ1n) is 6.39. The second-order valence-corrected chi connectivity index (χ2v) is 6.92. The predicted octanol–water partition coefficient (Wildman–Crippen LogP) is 1.59. The van der Waals surface area contributed by atoms with Gasteiger partial charge in [-0.15, -0.1) is 0 Å². The molecule has 2 N–H and O–H groups in total. The Bertz CT molecular complexity index is 621. The molecule has 0 aliphatic rings. The van der Waals surface area contributed by atoms with Gasteiger partial charge >= 0.3 is 0 Å². The number of nitrogens with one attached hydrogen (secondary N) is 1. The zero-order valence-corrected chi connectivity index (χ0v) is 13.4. The number of sulfonamides is 1. The van der Waals surface area contributed by atoms with E-state index in [1.54, 1.807) is 11.8 Å². The molecular weight excluding hydrogens is 313 g/mol. The Labute approximate surface area is 129 Å². The molecule has 21 heavy (non-hydrogen) atoms. The first-order chi connectivity index (χ1) is 10.0. The van der Waals surface area contributed by atoms with Gasteiger partial charge in [-0.05, 0) is 43.0 Å². The Morgan fingerprint density at radius 3 is 2.81 bits per heavy atom. The number of unbranched alkanes of at least 4 members (excludes halogenated alkanes) is 1. The van der Waals surface area contributed by atoms with Crippen molar-refractivity contribution >= 4 is 21.8 Å². The lowest BCUT2D eigenvalue weighted by Gasteiger charge is -2.08. The van der Waals surface area contributed by atoms with Crippen molar-refractivity contribution in [2.75, 3.05) is 25.2 Å². The highest BCUT2D eigenvalue weighted by Gasteiger charge is 2.17. The monoisotopic (exact) mass is 331 g/mol. The molecule has 0 saturated heterocycles. The van der Waals surface area contributed by atoms with E-state index in [0.717, 1.165) is 30.7 Å². The van der Waals surface area contributed by atoms with Crippen molar-refractivity contribution < 1.29 is 17.9 Å². The molecule has 0 unspecified atom stereocenters. The molecule has 0 heterocycles. The Kier molecular flexibility index (Phi) is 7.75. The number of halogens is 1. The molecule has 1 aromatic carbocycles. The predicted molar refractivity (Wildman–Crippen MR) is 83.2 cm³/mol. The number of benzene rings is 1. The molecule has 0 radical (unpaired) electrons. The second kappa shape index (κ2) is 9.05. The number of rotatable bonds is 7. The lowest BCUT2D eigenvalue weighted by atomic mass is 10.2. The molecule has 0 spiro atoms. The number of aliphatic hydroxyl groups excluding tert-OH is 1. The lowest BCUT2D eigenvalue weighted by molar-refractivity contribution is 0.350. The van der Waals surface area contributed by atoms with Crippen LogP contribution in [0.5, 0.6) is 0 Å². The van der Waals surface area contributed by atoms with Crippen LogP contribution in [0.1, 0.15) is 18.4 Å². The van der Waals surface area contributed by atoms with Crippen LogP contribution in [0.25, 0.3) is 0 Å². The van der Waals surface area contributed by atoms with Crippen LogP contribution in [0.15, 0.2) is 23.1 Å². The zero-order valence-electron chi connectivity index (χ0n) is 11.7. The maximum atomic E-state index is 13.2. The van der Waals surface area contributed by atoms with Crippen molar-refractivity contribution in [2.24, 2.45) is 0 Å². The summed E-state index contributed by atoms with van der Waals surface area (Å²) in [6, 6.07) is 3.30. The summed E-state index contributed by atoms with van der Waals surface area (Å²) in [4.78, 5) is -0.0743. The maximum Gasteiger partial charge on any atom is 0.241 e. The van der Waals surface area contributed by atoms with Gasteiger partial charge in [-0.3, -0.25) is 0 Å². The Morgan fingerprint density at radius 1 is 1.38 bits per heavy atom. The molecule has 1 rings (SSSR count). The van der Waals surface area contributed by atoms with E-state index in [-0.39, 0.29) is 10.5 Å². The Balaban J connectivity index is 2.87. The van der Waals surface area contributed by atoms with E-state index in [1.165, 1.54) is 6.07 Å². The fourth-order valence-electron chi connectivity index (χ4n) is 1.62. The molecular formula is C14H18FNO3S2. The highest BCUT2D eigenvalue weighted by molar-refractivity contribution is 7.98. The van der Waals surface area contributed by atoms with E-state index in [0.29, 0.717) is 6.54 Å². The van der Waals surface area contributed by atoms with E-state index < -0.39 is 22.4 Å². The van der Waals surface area contributed by atoms with Crippen molar-refractivity contribution in [3.63, 3.8) is 0 Å². The van der Waals surface area contributed by atoms with Gasteiger partial charge in [0.05, 0.1) is 4.90 Å². The highest BCUT2D eigenvalue weighted by Crippen LogP contribution is 2.16. The van der Waals surface area contributed by atoms with Crippen LogP contribution in [-0.2, 0) is 10.0 Å². The average molecular weight is 331 g/mol. The fourth-order valence-corrected chi connectivity index (χ4v) is 3.33. The van der Waals surface area contributed by atoms with E-state index in [9.17, 15) is 12.8 Å². The average Bonchev–Trinajstić information content (AvgIpc) is 2.44. The molecule has 1 aromatic rings. The van der Waals surface area contributed by atoms with Crippen molar-refractivity contribution in [2.45, 2.75) is 17.7 Å². The van der Waals surface area contributed by atoms with E-state index in [1.807, 2.05) is 6.26 Å². The second-order valence-electron chi connectivity index (χ2n) is 4.20. The van der Waals surface area contributed by atoms with Gasteiger partial charge in [0.2, 0.25) is 10.0 Å². The third-order valence-electron chi connectivity index (χ3n) is 2.60. The zero-order chi connectivity index (χ0) is 15.7. The molecule has 0 fully saturated rings. The van der Waals surface area contributed by atoms with Crippen LogP contribution in [0.2, 0.25) is 0 Å². The summed E-state index contributed by atoms with van der Waals surface area (Å²) in [6.45, 7) is -0.0920. The van der Waals surface area contributed by atoms with Gasteiger partial charge in [-0.25, -0.2) is 17.5 Å². The first-order valence-corrected chi connectivity index (χ1v) is 9.27. The summed E-state index contributed by atoms with van der Waals surface area (Å²) in [5.74, 6) is 5.19. The Morgan fingerprint density at radius 2 is 2.14 bits per heavy atom. The van der Waals surface area contributed by atoms with Gasteiger partial charge in [0.15, 0.2) is 0 Å². The molecule has 0 bridgehead atoms. The molecule has 0 aliphatic heterocycles. The molecule has 0 aliphatic carbocycles. The van der Waals surface area contributed by atoms with E-state index in [4.69, 9.17) is 5.11 Å². The third-order valence-corrected chi connectivity index (χ3v) is 4.82. The van der Waals surface area contributed by atoms with Crippen molar-refractivity contribution in [1.29, 1.82) is 0 Å². The smallest absolute Gasteiger partial charge is 0.241 e. The third kappa shape index (κ3) is 6.06. The van der Waals surface area contributed by atoms with Crippen LogP contribution >= 0.6 is 11.8 Å². The van der Waals surface area contributed by atoms with Gasteiger partial charge in [0.25, 0.3) is 0 Å². The van der Waals surface area contributed by atoms with Crippen molar-refractivity contribution in [3.05, 3.63) is 29.6 Å². The van der Waals surface area contributed by atoms with Crippen LogP contribution in [-0.4, -0.2) is 38.7 Å². The number of aliphatic hydroxyl groups is 1. The number of hydrogen-bond donors (Lipinski definition) is 2. The molecule has 0 atom stereocenters. The van der Waals surface area contributed by atoms with Crippen LogP contribution in [0.3, 0.4) is 0 Å². The van der Waals surface area contributed by atoms with E-state index >= 15 is 0 Å². The molecule has 0 saturated carbocycles. The Hall–Kier alpha value is -1.07. The summed E-state index contributed by atoms with van der Waals surface area (Å²) >= 11 is 1.71. The SMILES string of the molecule is CSCCCCNS(=O)(=O)c1ccc(F)cc1C#CCO. The van der Waals surface area contributed by atoms with E-state index in [2.05, 4.69) is 16.6 Å². The van der Waals surface area contributed by atoms with Gasteiger partial charge in [-0.2, -0.15) is 11.8 Å². The summed E-state index contributed by atoms with van der Waals surface area (Å²) in [5.41, 5.74) is 0.0423.